The molecule has 1 saturated heterocycles. The summed E-state index contributed by atoms with van der Waals surface area (Å²) in [6.07, 6.45) is 10.5. The zero-order chi connectivity index (χ0) is 13.7. The quantitative estimate of drug-likeness (QED) is 0.778. The van der Waals surface area contributed by atoms with Crippen molar-refractivity contribution < 1.29 is 9.90 Å². The molecular formula is C16H29NO2. The summed E-state index contributed by atoms with van der Waals surface area (Å²) in [6, 6.07) is 0.320. The van der Waals surface area contributed by atoms with Crippen LogP contribution in [0.1, 0.15) is 71.1 Å². The Balaban J connectivity index is 1.93. The van der Waals surface area contributed by atoms with E-state index in [0.29, 0.717) is 24.3 Å². The van der Waals surface area contributed by atoms with Gasteiger partial charge in [0.05, 0.1) is 6.10 Å². The molecule has 0 aromatic carbocycles. The van der Waals surface area contributed by atoms with Gasteiger partial charge in [-0.3, -0.25) is 4.79 Å². The highest BCUT2D eigenvalue weighted by molar-refractivity contribution is 5.76. The van der Waals surface area contributed by atoms with E-state index in [1.165, 1.54) is 6.42 Å². The van der Waals surface area contributed by atoms with Crippen LogP contribution in [0.5, 0.6) is 0 Å². The Kier molecular flexibility index (Phi) is 5.68. The minimum atomic E-state index is -0.172. The van der Waals surface area contributed by atoms with E-state index in [-0.39, 0.29) is 6.10 Å². The third-order valence-electron chi connectivity index (χ3n) is 4.89. The molecule has 3 heteroatoms. The molecular weight excluding hydrogens is 238 g/mol. The predicted molar refractivity (Wildman–Crippen MR) is 76.8 cm³/mol. The number of aliphatic hydroxyl groups excluding tert-OH is 1. The summed E-state index contributed by atoms with van der Waals surface area (Å²) < 4.78 is 0. The Bertz CT molecular complexity index is 292. The van der Waals surface area contributed by atoms with Crippen molar-refractivity contribution in [2.24, 2.45) is 5.92 Å². The molecule has 19 heavy (non-hydrogen) atoms. The minimum absolute atomic E-state index is 0.172. The Labute approximate surface area is 117 Å². The van der Waals surface area contributed by atoms with Crippen molar-refractivity contribution in [3.8, 4) is 0 Å². The summed E-state index contributed by atoms with van der Waals surface area (Å²) in [6.45, 7) is 3.09. The van der Waals surface area contributed by atoms with E-state index in [1.807, 2.05) is 0 Å². The molecule has 0 radical (unpaired) electrons. The first-order chi connectivity index (χ1) is 9.24. The van der Waals surface area contributed by atoms with E-state index in [1.54, 1.807) is 0 Å². The molecule has 2 rings (SSSR count). The Morgan fingerprint density at radius 3 is 2.68 bits per heavy atom. The summed E-state index contributed by atoms with van der Waals surface area (Å²) in [7, 11) is 0. The Morgan fingerprint density at radius 2 is 2.00 bits per heavy atom. The maximum atomic E-state index is 12.4. The van der Waals surface area contributed by atoms with Crippen molar-refractivity contribution in [1.29, 1.82) is 0 Å². The fourth-order valence-corrected chi connectivity index (χ4v) is 3.80. The number of likely N-dealkylation sites (tertiary alicyclic amines) is 1. The van der Waals surface area contributed by atoms with E-state index in [0.717, 1.165) is 57.9 Å². The SMILES string of the molecule is CCCCCC(=O)N1CCCCC1C1CCCC1O. The summed E-state index contributed by atoms with van der Waals surface area (Å²) in [5.74, 6) is 0.674. The van der Waals surface area contributed by atoms with E-state index >= 15 is 0 Å². The third-order valence-corrected chi connectivity index (χ3v) is 4.89. The van der Waals surface area contributed by atoms with Crippen molar-refractivity contribution in [3.63, 3.8) is 0 Å². The number of carbonyl (C=O) groups excluding carboxylic acids is 1. The number of amides is 1. The fraction of sp³-hybridized carbons (Fsp3) is 0.938. The van der Waals surface area contributed by atoms with Crippen LogP contribution < -0.4 is 0 Å². The van der Waals surface area contributed by atoms with Gasteiger partial charge in [-0.15, -0.1) is 0 Å². The van der Waals surface area contributed by atoms with Crippen molar-refractivity contribution in [1.82, 2.24) is 4.90 Å². The van der Waals surface area contributed by atoms with Crippen LogP contribution in [-0.4, -0.2) is 34.6 Å². The van der Waals surface area contributed by atoms with Gasteiger partial charge in [-0.25, -0.2) is 0 Å². The van der Waals surface area contributed by atoms with Crippen LogP contribution in [0.3, 0.4) is 0 Å². The number of carbonyl (C=O) groups is 1. The van der Waals surface area contributed by atoms with Crippen LogP contribution in [0.4, 0.5) is 0 Å². The number of piperidine rings is 1. The Hall–Kier alpha value is -0.570. The molecule has 1 heterocycles. The molecule has 1 saturated carbocycles. The van der Waals surface area contributed by atoms with Gasteiger partial charge < -0.3 is 10.0 Å². The van der Waals surface area contributed by atoms with Gasteiger partial charge >= 0.3 is 0 Å². The maximum Gasteiger partial charge on any atom is 0.222 e. The van der Waals surface area contributed by atoms with E-state index in [4.69, 9.17) is 0 Å². The molecule has 0 spiro atoms. The molecule has 110 valence electrons. The molecule has 1 amide bonds. The molecule has 1 aliphatic carbocycles. The Morgan fingerprint density at radius 1 is 1.16 bits per heavy atom. The number of hydrogen-bond acceptors (Lipinski definition) is 2. The van der Waals surface area contributed by atoms with Crippen LogP contribution in [0.25, 0.3) is 0 Å². The average Bonchev–Trinajstić information content (AvgIpc) is 2.85. The molecule has 0 aromatic rings. The second-order valence-corrected chi connectivity index (χ2v) is 6.27. The van der Waals surface area contributed by atoms with Gasteiger partial charge in [0, 0.05) is 24.9 Å². The molecule has 0 aromatic heterocycles. The van der Waals surface area contributed by atoms with E-state index < -0.39 is 0 Å². The van der Waals surface area contributed by atoms with Crippen molar-refractivity contribution >= 4 is 5.91 Å². The first kappa shape index (κ1) is 14.8. The second-order valence-electron chi connectivity index (χ2n) is 6.27. The van der Waals surface area contributed by atoms with Crippen molar-refractivity contribution in [2.45, 2.75) is 83.3 Å². The van der Waals surface area contributed by atoms with Crippen LogP contribution in [0.15, 0.2) is 0 Å². The average molecular weight is 267 g/mol. The first-order valence-electron chi connectivity index (χ1n) is 8.21. The number of unbranched alkanes of at least 4 members (excludes halogenated alkanes) is 2. The molecule has 2 aliphatic rings. The van der Waals surface area contributed by atoms with Gasteiger partial charge in [0.15, 0.2) is 0 Å². The van der Waals surface area contributed by atoms with Gasteiger partial charge in [-0.1, -0.05) is 26.2 Å². The molecule has 1 N–H and O–H groups in total. The van der Waals surface area contributed by atoms with Gasteiger partial charge in [0.1, 0.15) is 0 Å². The molecule has 3 nitrogen and oxygen atoms in total. The number of rotatable bonds is 5. The summed E-state index contributed by atoms with van der Waals surface area (Å²) in [5.41, 5.74) is 0. The van der Waals surface area contributed by atoms with Crippen LogP contribution in [0.2, 0.25) is 0 Å². The van der Waals surface area contributed by atoms with Gasteiger partial charge in [0.2, 0.25) is 5.91 Å². The summed E-state index contributed by atoms with van der Waals surface area (Å²) in [4.78, 5) is 14.5. The molecule has 1 aliphatic heterocycles. The standard InChI is InChI=1S/C16H29NO2/c1-2-3-4-11-16(19)17-12-6-5-9-14(17)13-8-7-10-15(13)18/h13-15,18H,2-12H2,1H3. The van der Waals surface area contributed by atoms with Crippen LogP contribution >= 0.6 is 0 Å². The van der Waals surface area contributed by atoms with Gasteiger partial charge in [-0.2, -0.15) is 0 Å². The zero-order valence-electron chi connectivity index (χ0n) is 12.3. The molecule has 3 atom stereocenters. The molecule has 3 unspecified atom stereocenters. The molecule has 2 fully saturated rings. The van der Waals surface area contributed by atoms with Crippen molar-refractivity contribution in [3.05, 3.63) is 0 Å². The zero-order valence-corrected chi connectivity index (χ0v) is 12.3. The number of hydrogen-bond donors (Lipinski definition) is 1. The highest BCUT2D eigenvalue weighted by Gasteiger charge is 2.38. The van der Waals surface area contributed by atoms with Crippen molar-refractivity contribution in [2.75, 3.05) is 6.54 Å². The highest BCUT2D eigenvalue weighted by atomic mass is 16.3. The minimum Gasteiger partial charge on any atom is -0.393 e. The monoisotopic (exact) mass is 267 g/mol. The summed E-state index contributed by atoms with van der Waals surface area (Å²) >= 11 is 0. The second kappa shape index (κ2) is 7.28. The lowest BCUT2D eigenvalue weighted by molar-refractivity contribution is -0.137. The van der Waals surface area contributed by atoms with Crippen LogP contribution in [0, 0.1) is 5.92 Å². The normalized spacial score (nSPS) is 31.7. The lowest BCUT2D eigenvalue weighted by Crippen LogP contribution is -2.49. The maximum absolute atomic E-state index is 12.4. The number of nitrogens with zero attached hydrogens (tertiary/aromatic N) is 1. The highest BCUT2D eigenvalue weighted by Crippen LogP contribution is 2.35. The fourth-order valence-electron chi connectivity index (χ4n) is 3.80. The first-order valence-corrected chi connectivity index (χ1v) is 8.21. The lowest BCUT2D eigenvalue weighted by atomic mass is 9.87. The lowest BCUT2D eigenvalue weighted by Gasteiger charge is -2.40. The van der Waals surface area contributed by atoms with Gasteiger partial charge in [-0.05, 0) is 38.5 Å². The largest absolute Gasteiger partial charge is 0.393 e. The number of aliphatic hydroxyl groups is 1. The summed E-state index contributed by atoms with van der Waals surface area (Å²) in [5, 5.41) is 10.1. The van der Waals surface area contributed by atoms with E-state index in [9.17, 15) is 9.90 Å². The van der Waals surface area contributed by atoms with Crippen LogP contribution in [-0.2, 0) is 4.79 Å². The van der Waals surface area contributed by atoms with Gasteiger partial charge in [0.25, 0.3) is 0 Å². The topological polar surface area (TPSA) is 40.5 Å². The smallest absolute Gasteiger partial charge is 0.222 e. The molecule has 0 bridgehead atoms. The predicted octanol–water partition coefficient (Wildman–Crippen LogP) is 3.11. The third kappa shape index (κ3) is 3.71. The van der Waals surface area contributed by atoms with E-state index in [2.05, 4.69) is 11.8 Å².